The van der Waals surface area contributed by atoms with E-state index >= 15 is 0 Å². The first-order chi connectivity index (χ1) is 15.2. The summed E-state index contributed by atoms with van der Waals surface area (Å²) in [5.74, 6) is 0.0510. The van der Waals surface area contributed by atoms with Crippen LogP contribution in [0.25, 0.3) is 0 Å². The van der Waals surface area contributed by atoms with Gasteiger partial charge in [-0.1, -0.05) is 60.7 Å². The molecule has 0 radical (unpaired) electrons. The van der Waals surface area contributed by atoms with Crippen molar-refractivity contribution in [1.82, 2.24) is 0 Å². The van der Waals surface area contributed by atoms with Crippen molar-refractivity contribution in [3.05, 3.63) is 96.1 Å². The molecule has 3 aromatic carbocycles. The van der Waals surface area contributed by atoms with E-state index in [9.17, 15) is 4.79 Å². The molecule has 0 unspecified atom stereocenters. The third kappa shape index (κ3) is 5.53. The van der Waals surface area contributed by atoms with E-state index in [0.717, 1.165) is 42.7 Å². The van der Waals surface area contributed by atoms with Gasteiger partial charge in [-0.2, -0.15) is 0 Å². The Balaban J connectivity index is 1.40. The first-order valence-electron chi connectivity index (χ1n) is 11.0. The molecule has 4 rings (SSSR count). The van der Waals surface area contributed by atoms with Crippen LogP contribution in [-0.2, 0) is 9.53 Å². The first-order valence-corrected chi connectivity index (χ1v) is 11.0. The number of nitrogens with one attached hydrogen (secondary N) is 1. The maximum absolute atomic E-state index is 12.9. The summed E-state index contributed by atoms with van der Waals surface area (Å²) in [6.45, 7) is 2.00. The van der Waals surface area contributed by atoms with E-state index in [4.69, 9.17) is 4.74 Å². The number of benzene rings is 3. The molecule has 0 saturated carbocycles. The molecule has 1 N–H and O–H groups in total. The second kappa shape index (κ2) is 10.3. The Morgan fingerprint density at radius 1 is 0.903 bits per heavy atom. The number of rotatable bonds is 7. The molecule has 160 valence electrons. The van der Waals surface area contributed by atoms with E-state index in [1.165, 1.54) is 5.69 Å². The second-order valence-corrected chi connectivity index (χ2v) is 8.10. The number of anilines is 2. The summed E-state index contributed by atoms with van der Waals surface area (Å²) in [6, 6.07) is 28.6. The Bertz CT molecular complexity index is 910. The predicted molar refractivity (Wildman–Crippen MR) is 127 cm³/mol. The van der Waals surface area contributed by atoms with Crippen LogP contribution in [-0.4, -0.2) is 32.2 Å². The number of methoxy groups -OCH3 is 1. The zero-order chi connectivity index (χ0) is 21.5. The predicted octanol–water partition coefficient (Wildman–Crippen LogP) is 5.46. The number of hydrogen-bond acceptors (Lipinski definition) is 3. The van der Waals surface area contributed by atoms with E-state index in [1.807, 2.05) is 48.5 Å². The zero-order valence-corrected chi connectivity index (χ0v) is 18.0. The molecule has 4 nitrogen and oxygen atoms in total. The second-order valence-electron chi connectivity index (χ2n) is 8.10. The van der Waals surface area contributed by atoms with Crippen molar-refractivity contribution < 1.29 is 9.53 Å². The molecule has 0 spiro atoms. The third-order valence-corrected chi connectivity index (χ3v) is 6.08. The highest BCUT2D eigenvalue weighted by Crippen LogP contribution is 2.29. The number of carbonyl (C=O) groups excluding carboxylic acids is 1. The van der Waals surface area contributed by atoms with E-state index in [-0.39, 0.29) is 11.8 Å². The molecule has 0 atom stereocenters. The first kappa shape index (κ1) is 21.1. The molecule has 0 bridgehead atoms. The maximum atomic E-state index is 12.9. The Kier molecular flexibility index (Phi) is 7.00. The van der Waals surface area contributed by atoms with E-state index in [0.29, 0.717) is 12.5 Å². The van der Waals surface area contributed by atoms with Crippen molar-refractivity contribution in [2.24, 2.45) is 0 Å². The van der Waals surface area contributed by atoms with E-state index in [2.05, 4.69) is 46.6 Å². The van der Waals surface area contributed by atoms with Crippen LogP contribution < -0.4 is 10.2 Å². The lowest BCUT2D eigenvalue weighted by Gasteiger charge is -2.33. The Hall–Kier alpha value is -3.11. The average molecular weight is 415 g/mol. The van der Waals surface area contributed by atoms with Crippen LogP contribution in [0.15, 0.2) is 84.9 Å². The van der Waals surface area contributed by atoms with Crippen LogP contribution in [0.2, 0.25) is 0 Å². The third-order valence-electron chi connectivity index (χ3n) is 6.08. The molecule has 4 heteroatoms. The van der Waals surface area contributed by atoms with Gasteiger partial charge < -0.3 is 15.0 Å². The highest BCUT2D eigenvalue weighted by molar-refractivity contribution is 5.91. The molecule has 0 aliphatic carbocycles. The number of nitrogens with zero attached hydrogens (tertiary/aromatic N) is 1. The minimum Gasteiger partial charge on any atom is -0.381 e. The highest BCUT2D eigenvalue weighted by Gasteiger charge is 2.20. The minimum absolute atomic E-state index is 0.0198. The molecule has 1 aliphatic rings. The number of carbonyl (C=O) groups is 1. The monoisotopic (exact) mass is 414 g/mol. The van der Waals surface area contributed by atoms with Gasteiger partial charge in [0.2, 0.25) is 5.91 Å². The van der Waals surface area contributed by atoms with Gasteiger partial charge in [0.1, 0.15) is 0 Å². The van der Waals surface area contributed by atoms with Crippen LogP contribution in [0.3, 0.4) is 0 Å². The van der Waals surface area contributed by atoms with Crippen LogP contribution in [0.1, 0.15) is 36.3 Å². The topological polar surface area (TPSA) is 41.6 Å². The van der Waals surface area contributed by atoms with E-state index < -0.39 is 0 Å². The molecule has 0 aromatic heterocycles. The Morgan fingerprint density at radius 2 is 1.45 bits per heavy atom. The van der Waals surface area contributed by atoms with Gasteiger partial charge in [0.25, 0.3) is 0 Å². The normalized spacial score (nSPS) is 14.6. The lowest BCUT2D eigenvalue weighted by atomic mass is 9.88. The van der Waals surface area contributed by atoms with Gasteiger partial charge in [-0.15, -0.1) is 0 Å². The summed E-state index contributed by atoms with van der Waals surface area (Å²) in [5, 5.41) is 3.08. The van der Waals surface area contributed by atoms with Crippen LogP contribution in [0.5, 0.6) is 0 Å². The summed E-state index contributed by atoms with van der Waals surface area (Å²) in [4.78, 5) is 15.3. The van der Waals surface area contributed by atoms with Crippen LogP contribution >= 0.6 is 0 Å². The summed E-state index contributed by atoms with van der Waals surface area (Å²) >= 11 is 0. The molecule has 1 amide bonds. The summed E-state index contributed by atoms with van der Waals surface area (Å²) in [7, 11) is 1.79. The van der Waals surface area contributed by atoms with Gasteiger partial charge in [-0.3, -0.25) is 4.79 Å². The fourth-order valence-corrected chi connectivity index (χ4v) is 4.30. The number of amides is 1. The molecular weight excluding hydrogens is 384 g/mol. The van der Waals surface area contributed by atoms with Gasteiger partial charge in [-0.25, -0.2) is 0 Å². The van der Waals surface area contributed by atoms with E-state index in [1.54, 1.807) is 7.11 Å². The summed E-state index contributed by atoms with van der Waals surface area (Å²) < 4.78 is 5.46. The summed E-state index contributed by atoms with van der Waals surface area (Å²) in [5.41, 5.74) is 4.33. The van der Waals surface area contributed by atoms with Gasteiger partial charge in [0.05, 0.1) is 6.10 Å². The smallest absolute Gasteiger partial charge is 0.225 e. The van der Waals surface area contributed by atoms with Crippen LogP contribution in [0.4, 0.5) is 11.4 Å². The van der Waals surface area contributed by atoms with Gasteiger partial charge in [-0.05, 0) is 48.2 Å². The molecular formula is C27H30N2O2. The maximum Gasteiger partial charge on any atom is 0.225 e. The average Bonchev–Trinajstić information content (AvgIpc) is 2.84. The molecule has 1 aliphatic heterocycles. The van der Waals surface area contributed by atoms with Gasteiger partial charge in [0.15, 0.2) is 0 Å². The Morgan fingerprint density at radius 3 is 1.97 bits per heavy atom. The fraction of sp³-hybridized carbons (Fsp3) is 0.296. The fourth-order valence-electron chi connectivity index (χ4n) is 4.30. The highest BCUT2D eigenvalue weighted by atomic mass is 16.5. The van der Waals surface area contributed by atoms with Gasteiger partial charge >= 0.3 is 0 Å². The molecule has 1 heterocycles. The SMILES string of the molecule is COC1CCN(c2ccc(NC(=O)CC(c3ccccc3)c3ccccc3)cc2)CC1. The molecule has 1 saturated heterocycles. The van der Waals surface area contributed by atoms with Crippen molar-refractivity contribution in [2.75, 3.05) is 30.4 Å². The lowest BCUT2D eigenvalue weighted by molar-refractivity contribution is -0.116. The quantitative estimate of drug-likeness (QED) is 0.558. The summed E-state index contributed by atoms with van der Waals surface area (Å²) in [6.07, 6.45) is 2.88. The van der Waals surface area contributed by atoms with Crippen molar-refractivity contribution >= 4 is 17.3 Å². The molecule has 31 heavy (non-hydrogen) atoms. The number of ether oxygens (including phenoxy) is 1. The minimum atomic E-state index is 0.0198. The lowest BCUT2D eigenvalue weighted by Crippen LogP contribution is -2.36. The number of hydrogen-bond donors (Lipinski definition) is 1. The largest absolute Gasteiger partial charge is 0.381 e. The van der Waals surface area contributed by atoms with Crippen molar-refractivity contribution in [3.63, 3.8) is 0 Å². The van der Waals surface area contributed by atoms with Crippen LogP contribution in [0, 0.1) is 0 Å². The molecule has 3 aromatic rings. The van der Waals surface area contributed by atoms with Crippen molar-refractivity contribution in [3.8, 4) is 0 Å². The molecule has 1 fully saturated rings. The van der Waals surface area contributed by atoms with Gasteiger partial charge in [0, 0.05) is 43.9 Å². The number of piperidine rings is 1. The Labute approximate surface area is 184 Å². The van der Waals surface area contributed by atoms with Crippen molar-refractivity contribution in [2.45, 2.75) is 31.3 Å². The van der Waals surface area contributed by atoms with Crippen molar-refractivity contribution in [1.29, 1.82) is 0 Å². The zero-order valence-electron chi connectivity index (χ0n) is 18.0. The standard InChI is InChI=1S/C27H30N2O2/c1-31-25-16-18-29(19-17-25)24-14-12-23(13-15-24)28-27(30)20-26(21-8-4-2-5-9-21)22-10-6-3-7-11-22/h2-15,25-26H,16-20H2,1H3,(H,28,30).